The average molecular weight is 798 g/mol. The van der Waals surface area contributed by atoms with E-state index in [1.165, 1.54) is 12.8 Å². The van der Waals surface area contributed by atoms with Crippen molar-refractivity contribution in [2.45, 2.75) is 63.6 Å². The predicted octanol–water partition coefficient (Wildman–Crippen LogP) is 5.97. The first kappa shape index (κ1) is 34.8. The van der Waals surface area contributed by atoms with E-state index < -0.39 is 17.0 Å². The highest BCUT2D eigenvalue weighted by Gasteiger charge is 2.39. The standard InChI is InChI=1S/C33H47Br2N7O4S/c1-39-12-6-23(7-13-39)24-8-14-40(15-9-24)32(43)30(20-22-18-27(34)31(36)28(35)19-22)37-33(44)41-16-10-26(11-17-41)42-21-25-4-2-3-5-29(25)38-47(42,45)46/h2-5,18-19,23-24,26,30,38,45-46H,6-17,20-21,36H2,1H3,(H,37,44)/t30-/m0/s1. The topological polar surface area (TPSA) is 138 Å². The number of benzene rings is 2. The fourth-order valence-corrected chi connectivity index (χ4v) is 10.5. The zero-order valence-corrected chi connectivity index (χ0v) is 30.9. The van der Waals surface area contributed by atoms with Crippen LogP contribution in [-0.2, 0) is 17.8 Å². The normalized spacial score (nSPS) is 23.1. The summed E-state index contributed by atoms with van der Waals surface area (Å²) >= 11 is 7.05. The number of amides is 3. The Hall–Kier alpha value is -2.07. The van der Waals surface area contributed by atoms with Crippen LogP contribution in [0.5, 0.6) is 0 Å². The Balaban J connectivity index is 1.10. The van der Waals surface area contributed by atoms with Crippen molar-refractivity contribution in [3.63, 3.8) is 0 Å². The molecule has 0 aliphatic carbocycles. The number of nitrogens with one attached hydrogen (secondary N) is 2. The van der Waals surface area contributed by atoms with Crippen molar-refractivity contribution in [1.82, 2.24) is 24.3 Å². The number of nitrogens with zero attached hydrogens (tertiary/aromatic N) is 4. The molecule has 2 aromatic rings. The van der Waals surface area contributed by atoms with Crippen LogP contribution in [0.1, 0.15) is 49.7 Å². The monoisotopic (exact) mass is 795 g/mol. The van der Waals surface area contributed by atoms with Crippen LogP contribution in [0, 0.1) is 11.8 Å². The first-order valence-corrected chi connectivity index (χ1v) is 19.7. The molecule has 0 saturated carbocycles. The molecular formula is C33H47Br2N7O4S. The molecule has 0 unspecified atom stereocenters. The highest BCUT2D eigenvalue weighted by atomic mass is 79.9. The summed E-state index contributed by atoms with van der Waals surface area (Å²) in [5, 5.41) is 3.10. The van der Waals surface area contributed by atoms with Gasteiger partial charge in [-0.2, -0.15) is 4.31 Å². The van der Waals surface area contributed by atoms with Gasteiger partial charge in [-0.05, 0) is 132 Å². The molecule has 3 saturated heterocycles. The van der Waals surface area contributed by atoms with Crippen LogP contribution in [-0.4, -0.2) is 98.4 Å². The summed E-state index contributed by atoms with van der Waals surface area (Å²) < 4.78 is 28.0. The van der Waals surface area contributed by atoms with Gasteiger partial charge in [0.05, 0.1) is 11.4 Å². The van der Waals surface area contributed by atoms with E-state index in [1.807, 2.05) is 41.3 Å². The van der Waals surface area contributed by atoms with Gasteiger partial charge in [-0.15, -0.1) is 0 Å². The first-order valence-electron chi connectivity index (χ1n) is 16.7. The molecule has 0 spiro atoms. The Morgan fingerprint density at radius 2 is 1.51 bits per heavy atom. The number of hydrogen-bond acceptors (Lipinski definition) is 8. The van der Waals surface area contributed by atoms with Crippen LogP contribution >= 0.6 is 42.8 Å². The summed E-state index contributed by atoms with van der Waals surface area (Å²) in [5.74, 6) is 1.32. The molecule has 258 valence electrons. The second kappa shape index (κ2) is 14.8. The highest BCUT2D eigenvalue weighted by Crippen LogP contribution is 2.51. The third-order valence-corrected chi connectivity index (χ3v) is 13.4. The van der Waals surface area contributed by atoms with Gasteiger partial charge in [0, 0.05) is 54.1 Å². The number of anilines is 2. The fraction of sp³-hybridized carbons (Fsp3) is 0.576. The Morgan fingerprint density at radius 1 is 0.936 bits per heavy atom. The van der Waals surface area contributed by atoms with Gasteiger partial charge in [0.1, 0.15) is 6.04 Å². The van der Waals surface area contributed by atoms with E-state index in [2.05, 4.69) is 53.8 Å². The molecule has 11 nitrogen and oxygen atoms in total. The van der Waals surface area contributed by atoms with Crippen LogP contribution in [0.25, 0.3) is 0 Å². The minimum atomic E-state index is -3.18. The van der Waals surface area contributed by atoms with E-state index in [4.69, 9.17) is 5.73 Å². The van der Waals surface area contributed by atoms with Crippen molar-refractivity contribution < 1.29 is 18.7 Å². The number of para-hydroxylation sites is 1. The largest absolute Gasteiger partial charge is 0.397 e. The second-order valence-corrected chi connectivity index (χ2v) is 17.0. The van der Waals surface area contributed by atoms with Crippen molar-refractivity contribution in [1.29, 1.82) is 0 Å². The van der Waals surface area contributed by atoms with Gasteiger partial charge in [0.2, 0.25) is 5.91 Å². The third kappa shape index (κ3) is 8.05. The first-order chi connectivity index (χ1) is 22.5. The van der Waals surface area contributed by atoms with E-state index in [1.54, 1.807) is 9.21 Å². The zero-order valence-electron chi connectivity index (χ0n) is 26.9. The Bertz CT molecular complexity index is 1420. The Kier molecular flexibility index (Phi) is 11.0. The maximum absolute atomic E-state index is 14.1. The number of carbonyl (C=O) groups is 2. The summed E-state index contributed by atoms with van der Waals surface area (Å²) in [7, 11) is -0.993. The smallest absolute Gasteiger partial charge is 0.318 e. The Labute approximate surface area is 296 Å². The number of nitrogens with two attached hydrogens (primary N) is 1. The van der Waals surface area contributed by atoms with Crippen LogP contribution in [0.15, 0.2) is 45.3 Å². The molecule has 3 amide bonds. The number of rotatable bonds is 6. The average Bonchev–Trinajstić information content (AvgIpc) is 3.06. The summed E-state index contributed by atoms with van der Waals surface area (Å²) in [4.78, 5) is 33.9. The molecule has 3 fully saturated rings. The molecule has 0 aromatic heterocycles. The van der Waals surface area contributed by atoms with Gasteiger partial charge in [-0.1, -0.05) is 29.2 Å². The number of fused-ring (bicyclic) bond motifs is 1. The SMILES string of the molecule is CN1CCC(C2CCN(C(=O)[C@H](Cc3cc(Br)c(N)c(Br)c3)NC(=O)N3CCC(N4Cc5ccccc5NS4(O)O)CC3)CC2)CC1. The van der Waals surface area contributed by atoms with E-state index in [-0.39, 0.29) is 18.0 Å². The van der Waals surface area contributed by atoms with Gasteiger partial charge in [0.15, 0.2) is 0 Å². The lowest BCUT2D eigenvalue weighted by Crippen LogP contribution is -2.56. The van der Waals surface area contributed by atoms with Crippen LogP contribution < -0.4 is 15.8 Å². The number of likely N-dealkylation sites (tertiary alicyclic amines) is 3. The third-order valence-electron chi connectivity index (χ3n) is 10.5. The summed E-state index contributed by atoms with van der Waals surface area (Å²) in [6.45, 7) is 5.04. The van der Waals surface area contributed by atoms with Crippen molar-refractivity contribution in [2.75, 3.05) is 56.8 Å². The molecule has 0 bridgehead atoms. The minimum absolute atomic E-state index is 0.0499. The number of piperidine rings is 3. The maximum Gasteiger partial charge on any atom is 0.318 e. The molecule has 6 rings (SSSR count). The lowest BCUT2D eigenvalue weighted by Gasteiger charge is -2.51. The molecule has 2 aromatic carbocycles. The molecule has 1 atom stereocenters. The fourth-order valence-electron chi connectivity index (χ4n) is 7.66. The van der Waals surface area contributed by atoms with Crippen molar-refractivity contribution in [2.24, 2.45) is 11.8 Å². The predicted molar refractivity (Wildman–Crippen MR) is 195 cm³/mol. The van der Waals surface area contributed by atoms with Gasteiger partial charge in [0.25, 0.3) is 0 Å². The van der Waals surface area contributed by atoms with Gasteiger partial charge < -0.3 is 25.8 Å². The lowest BCUT2D eigenvalue weighted by atomic mass is 9.79. The summed E-state index contributed by atoms with van der Waals surface area (Å²) in [6, 6.07) is 10.4. The van der Waals surface area contributed by atoms with Gasteiger partial charge in [-0.25, -0.2) is 4.79 Å². The second-order valence-electron chi connectivity index (χ2n) is 13.6. The van der Waals surface area contributed by atoms with Gasteiger partial charge >= 0.3 is 6.03 Å². The molecule has 4 aliphatic heterocycles. The van der Waals surface area contributed by atoms with E-state index in [9.17, 15) is 18.7 Å². The number of halogens is 2. The van der Waals surface area contributed by atoms with Crippen molar-refractivity contribution >= 4 is 66.1 Å². The van der Waals surface area contributed by atoms with E-state index in [0.717, 1.165) is 57.6 Å². The molecule has 47 heavy (non-hydrogen) atoms. The zero-order chi connectivity index (χ0) is 33.3. The summed E-state index contributed by atoms with van der Waals surface area (Å²) in [5.41, 5.74) is 9.36. The summed E-state index contributed by atoms with van der Waals surface area (Å²) in [6.07, 6.45) is 5.98. The lowest BCUT2D eigenvalue weighted by molar-refractivity contribution is -0.135. The van der Waals surface area contributed by atoms with E-state index in [0.29, 0.717) is 63.6 Å². The number of urea groups is 1. The number of hydrogen-bond donors (Lipinski definition) is 5. The highest BCUT2D eigenvalue weighted by molar-refractivity contribution is 9.11. The van der Waals surface area contributed by atoms with E-state index >= 15 is 0 Å². The van der Waals surface area contributed by atoms with Gasteiger partial charge in [-0.3, -0.25) is 18.6 Å². The Morgan fingerprint density at radius 3 is 2.15 bits per heavy atom. The molecular weight excluding hydrogens is 750 g/mol. The molecule has 6 N–H and O–H groups in total. The molecule has 4 heterocycles. The molecule has 14 heteroatoms. The maximum atomic E-state index is 14.1. The molecule has 0 radical (unpaired) electrons. The number of nitrogen functional groups attached to an aromatic ring is 1. The molecule has 4 aliphatic rings. The van der Waals surface area contributed by atoms with Crippen LogP contribution in [0.2, 0.25) is 0 Å². The quantitative estimate of drug-likeness (QED) is 0.226. The number of carbonyl (C=O) groups excluding carboxylic acids is 2. The van der Waals surface area contributed by atoms with Crippen molar-refractivity contribution in [3.8, 4) is 0 Å². The minimum Gasteiger partial charge on any atom is -0.397 e. The van der Waals surface area contributed by atoms with Crippen molar-refractivity contribution in [3.05, 3.63) is 56.5 Å². The van der Waals surface area contributed by atoms with Crippen LogP contribution in [0.4, 0.5) is 16.2 Å². The van der Waals surface area contributed by atoms with Crippen LogP contribution in [0.3, 0.4) is 0 Å².